The Hall–Kier alpha value is -2.08. The standard InChI is InChI=1S/C15H21N3O3/c1-3-8-17(4-2)9-10-18-13-11(14(19)20)6-5-7-12(13)16-15(18)21/h5-7H,3-4,8-10H2,1-2H3,(H,16,21)(H,19,20). The van der Waals surface area contributed by atoms with Gasteiger partial charge in [0.25, 0.3) is 0 Å². The first-order valence-corrected chi connectivity index (χ1v) is 7.25. The van der Waals surface area contributed by atoms with E-state index in [-0.39, 0.29) is 11.3 Å². The number of rotatable bonds is 7. The predicted molar refractivity (Wildman–Crippen MR) is 81.9 cm³/mol. The Balaban J connectivity index is 2.37. The van der Waals surface area contributed by atoms with Gasteiger partial charge in [0.05, 0.1) is 16.6 Å². The van der Waals surface area contributed by atoms with Gasteiger partial charge in [0.2, 0.25) is 0 Å². The van der Waals surface area contributed by atoms with Crippen LogP contribution in [0.25, 0.3) is 11.0 Å². The zero-order valence-electron chi connectivity index (χ0n) is 12.4. The van der Waals surface area contributed by atoms with E-state index in [1.54, 1.807) is 12.1 Å². The number of nitrogens with one attached hydrogen (secondary N) is 1. The number of carboxylic acids is 1. The highest BCUT2D eigenvalue weighted by atomic mass is 16.4. The zero-order chi connectivity index (χ0) is 15.4. The van der Waals surface area contributed by atoms with Crippen molar-refractivity contribution in [2.45, 2.75) is 26.8 Å². The maximum absolute atomic E-state index is 12.1. The SMILES string of the molecule is CCCN(CC)CCn1c(=O)[nH]c2cccc(C(=O)O)c21. The topological polar surface area (TPSA) is 78.3 Å². The molecule has 0 aliphatic heterocycles. The van der Waals surface area contributed by atoms with Gasteiger partial charge in [0, 0.05) is 13.1 Å². The normalized spacial score (nSPS) is 11.4. The summed E-state index contributed by atoms with van der Waals surface area (Å²) < 4.78 is 1.52. The summed E-state index contributed by atoms with van der Waals surface area (Å²) in [6, 6.07) is 4.89. The molecule has 114 valence electrons. The number of likely N-dealkylation sites (N-methyl/N-ethyl adjacent to an activating group) is 1. The molecule has 2 rings (SSSR count). The Labute approximate surface area is 123 Å². The second kappa shape index (κ2) is 6.58. The van der Waals surface area contributed by atoms with Gasteiger partial charge in [-0.15, -0.1) is 0 Å². The van der Waals surface area contributed by atoms with E-state index in [0.29, 0.717) is 17.6 Å². The molecule has 1 aromatic heterocycles. The van der Waals surface area contributed by atoms with Gasteiger partial charge in [0.15, 0.2) is 0 Å². The van der Waals surface area contributed by atoms with Crippen LogP contribution in [0.5, 0.6) is 0 Å². The van der Waals surface area contributed by atoms with E-state index in [9.17, 15) is 14.7 Å². The van der Waals surface area contributed by atoms with Crippen molar-refractivity contribution in [1.29, 1.82) is 0 Å². The van der Waals surface area contributed by atoms with Crippen molar-refractivity contribution >= 4 is 17.0 Å². The van der Waals surface area contributed by atoms with Gasteiger partial charge >= 0.3 is 11.7 Å². The molecule has 0 aliphatic carbocycles. The average Bonchev–Trinajstić information content (AvgIpc) is 2.78. The van der Waals surface area contributed by atoms with Crippen LogP contribution >= 0.6 is 0 Å². The number of imidazole rings is 1. The van der Waals surface area contributed by atoms with Crippen molar-refractivity contribution in [2.24, 2.45) is 0 Å². The second-order valence-electron chi connectivity index (χ2n) is 5.02. The number of carbonyl (C=O) groups is 1. The molecular weight excluding hydrogens is 270 g/mol. The van der Waals surface area contributed by atoms with Gasteiger partial charge in [-0.05, 0) is 31.6 Å². The van der Waals surface area contributed by atoms with Crippen LogP contribution < -0.4 is 5.69 Å². The second-order valence-corrected chi connectivity index (χ2v) is 5.02. The number of aromatic carboxylic acids is 1. The zero-order valence-corrected chi connectivity index (χ0v) is 12.4. The van der Waals surface area contributed by atoms with Gasteiger partial charge in [-0.3, -0.25) is 4.57 Å². The fourth-order valence-electron chi connectivity index (χ4n) is 2.59. The molecule has 0 amide bonds. The Morgan fingerprint density at radius 3 is 2.71 bits per heavy atom. The smallest absolute Gasteiger partial charge is 0.337 e. The number of hydrogen-bond donors (Lipinski definition) is 2. The number of fused-ring (bicyclic) bond motifs is 1. The van der Waals surface area contributed by atoms with Crippen molar-refractivity contribution in [2.75, 3.05) is 19.6 Å². The van der Waals surface area contributed by atoms with Crippen LogP contribution in [0.1, 0.15) is 30.6 Å². The predicted octanol–water partition coefficient (Wildman–Crippen LogP) is 1.76. The van der Waals surface area contributed by atoms with Gasteiger partial charge in [-0.2, -0.15) is 0 Å². The summed E-state index contributed by atoms with van der Waals surface area (Å²) in [7, 11) is 0. The van der Waals surface area contributed by atoms with Crippen LogP contribution in [-0.2, 0) is 6.54 Å². The molecule has 0 unspecified atom stereocenters. The van der Waals surface area contributed by atoms with E-state index in [1.807, 2.05) is 0 Å². The number of carboxylic acid groups (broad SMARTS) is 1. The third-order valence-electron chi connectivity index (χ3n) is 3.65. The minimum absolute atomic E-state index is 0.157. The number of para-hydroxylation sites is 1. The van der Waals surface area contributed by atoms with Crippen molar-refractivity contribution in [3.05, 3.63) is 34.2 Å². The first kappa shape index (κ1) is 15.3. The lowest BCUT2D eigenvalue weighted by atomic mass is 10.2. The largest absolute Gasteiger partial charge is 0.478 e. The van der Waals surface area contributed by atoms with Crippen molar-refractivity contribution in [1.82, 2.24) is 14.5 Å². The van der Waals surface area contributed by atoms with E-state index in [2.05, 4.69) is 23.7 Å². The molecule has 1 aromatic carbocycles. The first-order valence-electron chi connectivity index (χ1n) is 7.25. The molecule has 0 spiro atoms. The van der Waals surface area contributed by atoms with Gasteiger partial charge in [-0.1, -0.05) is 19.9 Å². The third-order valence-corrected chi connectivity index (χ3v) is 3.65. The fraction of sp³-hybridized carbons (Fsp3) is 0.467. The summed E-state index contributed by atoms with van der Waals surface area (Å²) >= 11 is 0. The van der Waals surface area contributed by atoms with E-state index in [4.69, 9.17) is 0 Å². The summed E-state index contributed by atoms with van der Waals surface area (Å²) in [5.41, 5.74) is 0.941. The number of H-pyrrole nitrogens is 1. The Morgan fingerprint density at radius 1 is 1.33 bits per heavy atom. The molecule has 0 bridgehead atoms. The minimum atomic E-state index is -1.02. The highest BCUT2D eigenvalue weighted by molar-refractivity contribution is 6.01. The number of aromatic amines is 1. The Bertz CT molecular complexity index is 687. The quantitative estimate of drug-likeness (QED) is 0.815. The Kier molecular flexibility index (Phi) is 4.80. The van der Waals surface area contributed by atoms with Crippen LogP contribution in [-0.4, -0.2) is 45.2 Å². The highest BCUT2D eigenvalue weighted by Gasteiger charge is 2.15. The highest BCUT2D eigenvalue weighted by Crippen LogP contribution is 2.16. The number of benzene rings is 1. The summed E-state index contributed by atoms with van der Waals surface area (Å²) in [4.78, 5) is 28.4. The summed E-state index contributed by atoms with van der Waals surface area (Å²) in [5, 5.41) is 9.28. The van der Waals surface area contributed by atoms with E-state index in [0.717, 1.165) is 26.1 Å². The van der Waals surface area contributed by atoms with Gasteiger partial charge in [-0.25, -0.2) is 9.59 Å². The maximum atomic E-state index is 12.1. The Morgan fingerprint density at radius 2 is 2.10 bits per heavy atom. The lowest BCUT2D eigenvalue weighted by Crippen LogP contribution is -2.31. The molecule has 6 nitrogen and oxygen atoms in total. The molecule has 6 heteroatoms. The molecule has 0 fully saturated rings. The van der Waals surface area contributed by atoms with E-state index >= 15 is 0 Å². The van der Waals surface area contributed by atoms with Crippen LogP contribution in [0.3, 0.4) is 0 Å². The summed E-state index contributed by atoms with van der Waals surface area (Å²) in [6.07, 6.45) is 1.05. The maximum Gasteiger partial charge on any atom is 0.337 e. The molecule has 0 atom stereocenters. The van der Waals surface area contributed by atoms with Crippen molar-refractivity contribution in [3.63, 3.8) is 0 Å². The fourth-order valence-corrected chi connectivity index (χ4v) is 2.59. The lowest BCUT2D eigenvalue weighted by Gasteiger charge is -2.19. The summed E-state index contributed by atoms with van der Waals surface area (Å²) in [5.74, 6) is -1.02. The van der Waals surface area contributed by atoms with E-state index < -0.39 is 5.97 Å². The third kappa shape index (κ3) is 3.16. The minimum Gasteiger partial charge on any atom is -0.478 e. The van der Waals surface area contributed by atoms with Crippen LogP contribution in [0.15, 0.2) is 23.0 Å². The van der Waals surface area contributed by atoms with Gasteiger partial charge < -0.3 is 15.0 Å². The number of nitrogens with zero attached hydrogens (tertiary/aromatic N) is 2. The van der Waals surface area contributed by atoms with Gasteiger partial charge in [0.1, 0.15) is 0 Å². The monoisotopic (exact) mass is 291 g/mol. The van der Waals surface area contributed by atoms with Crippen LogP contribution in [0.4, 0.5) is 0 Å². The molecule has 2 N–H and O–H groups in total. The van der Waals surface area contributed by atoms with Crippen molar-refractivity contribution < 1.29 is 9.90 Å². The molecule has 0 saturated heterocycles. The molecule has 21 heavy (non-hydrogen) atoms. The average molecular weight is 291 g/mol. The molecule has 2 aromatic rings. The van der Waals surface area contributed by atoms with Crippen LogP contribution in [0, 0.1) is 0 Å². The molecule has 0 saturated carbocycles. The molecule has 0 radical (unpaired) electrons. The van der Waals surface area contributed by atoms with Crippen LogP contribution in [0.2, 0.25) is 0 Å². The summed E-state index contributed by atoms with van der Waals surface area (Å²) in [6.45, 7) is 7.29. The lowest BCUT2D eigenvalue weighted by molar-refractivity contribution is 0.0698. The van der Waals surface area contributed by atoms with Crippen molar-refractivity contribution in [3.8, 4) is 0 Å². The number of hydrogen-bond acceptors (Lipinski definition) is 3. The molecular formula is C15H21N3O3. The number of aromatic nitrogens is 2. The van der Waals surface area contributed by atoms with E-state index in [1.165, 1.54) is 10.6 Å². The molecule has 1 heterocycles. The first-order chi connectivity index (χ1) is 10.1. The molecule has 0 aliphatic rings.